The summed E-state index contributed by atoms with van der Waals surface area (Å²) in [5.41, 5.74) is 1.75. The first kappa shape index (κ1) is 20.5. The van der Waals surface area contributed by atoms with Crippen molar-refractivity contribution in [3.8, 4) is 0 Å². The molecule has 1 heterocycles. The molecule has 1 unspecified atom stereocenters. The Balaban J connectivity index is 0.00000288. The normalized spacial score (nSPS) is 15.9. The van der Waals surface area contributed by atoms with Crippen molar-refractivity contribution in [2.75, 3.05) is 18.4 Å². The second-order valence-electron chi connectivity index (χ2n) is 6.33. The van der Waals surface area contributed by atoms with E-state index in [-0.39, 0.29) is 30.3 Å². The van der Waals surface area contributed by atoms with Gasteiger partial charge in [0.1, 0.15) is 0 Å². The van der Waals surface area contributed by atoms with Crippen molar-refractivity contribution in [1.82, 2.24) is 10.6 Å². The van der Waals surface area contributed by atoms with Crippen LogP contribution in [0.4, 0.5) is 5.69 Å². The summed E-state index contributed by atoms with van der Waals surface area (Å²) in [6.45, 7) is 5.59. The number of hydrogen-bond donors (Lipinski definition) is 3. The van der Waals surface area contributed by atoms with Gasteiger partial charge in [-0.25, -0.2) is 0 Å². The van der Waals surface area contributed by atoms with Gasteiger partial charge in [0, 0.05) is 19.0 Å². The summed E-state index contributed by atoms with van der Waals surface area (Å²) in [4.78, 5) is 23.3. The van der Waals surface area contributed by atoms with Crippen molar-refractivity contribution in [2.24, 2.45) is 5.92 Å². The Bertz CT molecular complexity index is 545. The summed E-state index contributed by atoms with van der Waals surface area (Å²) in [6.07, 6.45) is 3.88. The summed E-state index contributed by atoms with van der Waals surface area (Å²) in [5, 5.41) is 9.16. The zero-order valence-electron chi connectivity index (χ0n) is 14.4. The van der Waals surface area contributed by atoms with E-state index in [4.69, 9.17) is 0 Å². The number of halogens is 1. The van der Waals surface area contributed by atoms with Crippen LogP contribution in [0.25, 0.3) is 0 Å². The maximum Gasteiger partial charge on any atom is 0.221 e. The number of amides is 2. The van der Waals surface area contributed by atoms with E-state index in [1.54, 1.807) is 0 Å². The van der Waals surface area contributed by atoms with Crippen LogP contribution in [-0.2, 0) is 9.59 Å². The Hall–Kier alpha value is -1.59. The number of piperidine rings is 1. The largest absolute Gasteiger partial charge is 0.350 e. The van der Waals surface area contributed by atoms with Gasteiger partial charge >= 0.3 is 0 Å². The molecule has 1 atom stereocenters. The lowest BCUT2D eigenvalue weighted by Gasteiger charge is -2.22. The predicted octanol–water partition coefficient (Wildman–Crippen LogP) is 3.02. The molecule has 1 aliphatic rings. The van der Waals surface area contributed by atoms with Crippen molar-refractivity contribution >= 4 is 29.9 Å². The van der Waals surface area contributed by atoms with Crippen molar-refractivity contribution in [2.45, 2.75) is 45.6 Å². The van der Waals surface area contributed by atoms with E-state index < -0.39 is 0 Å². The molecule has 5 nitrogen and oxygen atoms in total. The molecule has 0 bridgehead atoms. The van der Waals surface area contributed by atoms with Crippen LogP contribution in [-0.4, -0.2) is 24.9 Å². The van der Waals surface area contributed by atoms with Crippen LogP contribution in [0.1, 0.15) is 51.1 Å². The molecule has 3 N–H and O–H groups in total. The fourth-order valence-electron chi connectivity index (χ4n) is 2.99. The van der Waals surface area contributed by atoms with Crippen LogP contribution in [0, 0.1) is 5.92 Å². The Morgan fingerprint density at radius 3 is 2.67 bits per heavy atom. The third kappa shape index (κ3) is 6.89. The van der Waals surface area contributed by atoms with Crippen molar-refractivity contribution < 1.29 is 9.59 Å². The van der Waals surface area contributed by atoms with Gasteiger partial charge in [-0.15, -0.1) is 12.4 Å². The minimum Gasteiger partial charge on any atom is -0.350 e. The van der Waals surface area contributed by atoms with Gasteiger partial charge in [-0.05, 0) is 62.9 Å². The van der Waals surface area contributed by atoms with Gasteiger partial charge in [-0.3, -0.25) is 9.59 Å². The Kier molecular flexibility index (Phi) is 8.79. The topological polar surface area (TPSA) is 70.2 Å². The van der Waals surface area contributed by atoms with Crippen LogP contribution in [0.15, 0.2) is 24.3 Å². The molecule has 1 fully saturated rings. The number of hydrogen-bond acceptors (Lipinski definition) is 3. The van der Waals surface area contributed by atoms with E-state index in [2.05, 4.69) is 16.0 Å². The quantitative estimate of drug-likeness (QED) is 0.736. The van der Waals surface area contributed by atoms with Gasteiger partial charge in [0.15, 0.2) is 0 Å². The number of rotatable bonds is 6. The van der Waals surface area contributed by atoms with Gasteiger partial charge in [0.2, 0.25) is 11.8 Å². The van der Waals surface area contributed by atoms with E-state index in [1.807, 2.05) is 31.2 Å². The van der Waals surface area contributed by atoms with E-state index in [0.717, 1.165) is 30.8 Å². The molecule has 1 saturated heterocycles. The highest BCUT2D eigenvalue weighted by Crippen LogP contribution is 2.20. The SMILES string of the molecule is CC(=O)Nc1cccc(C(C)NC(=O)CCC2CCNCC2)c1.Cl. The summed E-state index contributed by atoms with van der Waals surface area (Å²) in [6, 6.07) is 7.53. The first-order valence-corrected chi connectivity index (χ1v) is 8.42. The second kappa shape index (κ2) is 10.3. The Labute approximate surface area is 150 Å². The van der Waals surface area contributed by atoms with Gasteiger partial charge < -0.3 is 16.0 Å². The van der Waals surface area contributed by atoms with Crippen LogP contribution in [0.5, 0.6) is 0 Å². The number of anilines is 1. The number of carbonyl (C=O) groups excluding carboxylic acids is 2. The fraction of sp³-hybridized carbons (Fsp3) is 0.556. The monoisotopic (exact) mass is 353 g/mol. The third-order valence-corrected chi connectivity index (χ3v) is 4.32. The minimum absolute atomic E-state index is 0. The molecule has 1 aromatic carbocycles. The molecule has 1 aliphatic heterocycles. The van der Waals surface area contributed by atoms with E-state index in [0.29, 0.717) is 12.3 Å². The molecule has 2 rings (SSSR count). The summed E-state index contributed by atoms with van der Waals surface area (Å²) in [7, 11) is 0. The number of benzene rings is 1. The van der Waals surface area contributed by atoms with Crippen LogP contribution >= 0.6 is 12.4 Å². The molecule has 0 saturated carbocycles. The average molecular weight is 354 g/mol. The zero-order chi connectivity index (χ0) is 16.7. The highest BCUT2D eigenvalue weighted by atomic mass is 35.5. The highest BCUT2D eigenvalue weighted by molar-refractivity contribution is 5.88. The predicted molar refractivity (Wildman–Crippen MR) is 99.4 cm³/mol. The first-order valence-electron chi connectivity index (χ1n) is 8.42. The average Bonchev–Trinajstić information content (AvgIpc) is 2.53. The molecule has 0 spiro atoms. The van der Waals surface area contributed by atoms with E-state index >= 15 is 0 Å². The molecular formula is C18H28ClN3O2. The maximum atomic E-state index is 12.1. The maximum absolute atomic E-state index is 12.1. The molecule has 2 amide bonds. The standard InChI is InChI=1S/C18H27N3O2.ClH/c1-13(16-4-3-5-17(12-16)21-14(2)22)20-18(23)7-6-15-8-10-19-11-9-15;/h3-5,12-13,15,19H,6-11H2,1-2H3,(H,20,23)(H,21,22);1H. The van der Waals surface area contributed by atoms with Crippen LogP contribution < -0.4 is 16.0 Å². The van der Waals surface area contributed by atoms with E-state index in [9.17, 15) is 9.59 Å². The minimum atomic E-state index is -0.0965. The second-order valence-corrected chi connectivity index (χ2v) is 6.33. The summed E-state index contributed by atoms with van der Waals surface area (Å²) < 4.78 is 0. The third-order valence-electron chi connectivity index (χ3n) is 4.32. The highest BCUT2D eigenvalue weighted by Gasteiger charge is 2.16. The zero-order valence-corrected chi connectivity index (χ0v) is 15.2. The fourth-order valence-corrected chi connectivity index (χ4v) is 2.99. The molecular weight excluding hydrogens is 326 g/mol. The van der Waals surface area contributed by atoms with Crippen molar-refractivity contribution in [1.29, 1.82) is 0 Å². The summed E-state index contributed by atoms with van der Waals surface area (Å²) in [5.74, 6) is 0.669. The lowest BCUT2D eigenvalue weighted by molar-refractivity contribution is -0.122. The molecule has 6 heteroatoms. The molecule has 24 heavy (non-hydrogen) atoms. The van der Waals surface area contributed by atoms with Gasteiger partial charge in [-0.2, -0.15) is 0 Å². The number of carbonyl (C=O) groups is 2. The van der Waals surface area contributed by atoms with Crippen molar-refractivity contribution in [3.05, 3.63) is 29.8 Å². The van der Waals surface area contributed by atoms with Crippen LogP contribution in [0.3, 0.4) is 0 Å². The lowest BCUT2D eigenvalue weighted by Crippen LogP contribution is -2.30. The molecule has 0 radical (unpaired) electrons. The summed E-state index contributed by atoms with van der Waals surface area (Å²) >= 11 is 0. The molecule has 134 valence electrons. The smallest absolute Gasteiger partial charge is 0.221 e. The Morgan fingerprint density at radius 2 is 2.00 bits per heavy atom. The number of nitrogens with one attached hydrogen (secondary N) is 3. The van der Waals surface area contributed by atoms with Crippen LogP contribution in [0.2, 0.25) is 0 Å². The van der Waals surface area contributed by atoms with Gasteiger partial charge in [0.25, 0.3) is 0 Å². The van der Waals surface area contributed by atoms with Gasteiger partial charge in [0.05, 0.1) is 6.04 Å². The first-order chi connectivity index (χ1) is 11.0. The van der Waals surface area contributed by atoms with Gasteiger partial charge in [-0.1, -0.05) is 12.1 Å². The van der Waals surface area contributed by atoms with E-state index in [1.165, 1.54) is 19.8 Å². The molecule has 1 aromatic rings. The lowest BCUT2D eigenvalue weighted by atomic mass is 9.93. The Morgan fingerprint density at radius 1 is 1.29 bits per heavy atom. The van der Waals surface area contributed by atoms with Crippen molar-refractivity contribution in [3.63, 3.8) is 0 Å². The molecule has 0 aromatic heterocycles. The molecule has 0 aliphatic carbocycles.